The van der Waals surface area contributed by atoms with Crippen molar-refractivity contribution >= 4 is 21.9 Å². The Bertz CT molecular complexity index is 1040. The van der Waals surface area contributed by atoms with E-state index in [1.807, 2.05) is 61.7 Å². The van der Waals surface area contributed by atoms with Gasteiger partial charge in [0.15, 0.2) is 0 Å². The second-order valence-corrected chi connectivity index (χ2v) is 5.28. The van der Waals surface area contributed by atoms with Gasteiger partial charge in [0.05, 0.1) is 11.0 Å². The monoisotopic (exact) mass is 289 g/mol. The van der Waals surface area contributed by atoms with Crippen molar-refractivity contribution in [1.82, 2.24) is 14.5 Å². The molecule has 0 aliphatic heterocycles. The van der Waals surface area contributed by atoms with E-state index in [4.69, 9.17) is 0 Å². The Morgan fingerprint density at radius 2 is 2.00 bits per heavy atom. The number of fused-ring (bicyclic) bond motifs is 2. The Labute approximate surface area is 127 Å². The van der Waals surface area contributed by atoms with Crippen LogP contribution >= 0.6 is 0 Å². The van der Waals surface area contributed by atoms with E-state index in [0.717, 1.165) is 27.5 Å². The fourth-order valence-corrected chi connectivity index (χ4v) is 2.89. The molecule has 0 amide bonds. The number of aromatic amines is 1. The van der Waals surface area contributed by atoms with Crippen LogP contribution in [0.15, 0.2) is 59.5 Å². The van der Waals surface area contributed by atoms with Gasteiger partial charge in [-0.1, -0.05) is 24.3 Å². The first-order chi connectivity index (χ1) is 10.8. The lowest BCUT2D eigenvalue weighted by atomic mass is 10.1. The molecule has 0 radical (unpaired) electrons. The van der Waals surface area contributed by atoms with Crippen molar-refractivity contribution < 1.29 is 0 Å². The molecule has 0 spiro atoms. The molecule has 0 saturated carbocycles. The number of aryl methyl sites for hydroxylation is 1. The fourth-order valence-electron chi connectivity index (χ4n) is 2.89. The molecular weight excluding hydrogens is 274 g/mol. The van der Waals surface area contributed by atoms with Crippen LogP contribution in [0.3, 0.4) is 0 Å². The van der Waals surface area contributed by atoms with Gasteiger partial charge >= 0.3 is 0 Å². The Morgan fingerprint density at radius 3 is 2.86 bits per heavy atom. The van der Waals surface area contributed by atoms with Gasteiger partial charge in [0.2, 0.25) is 0 Å². The molecule has 4 aromatic rings. The Hall–Kier alpha value is -2.88. The predicted octanol–water partition coefficient (Wildman–Crippen LogP) is 3.56. The van der Waals surface area contributed by atoms with Gasteiger partial charge < -0.3 is 9.55 Å². The van der Waals surface area contributed by atoms with Crippen molar-refractivity contribution in [1.29, 1.82) is 0 Å². The van der Waals surface area contributed by atoms with E-state index in [9.17, 15) is 4.79 Å². The first kappa shape index (κ1) is 12.8. The van der Waals surface area contributed by atoms with Gasteiger partial charge in [-0.3, -0.25) is 4.79 Å². The quantitative estimate of drug-likeness (QED) is 0.613. The lowest BCUT2D eigenvalue weighted by Gasteiger charge is -2.10. The number of H-pyrrole nitrogens is 1. The Balaban J connectivity index is 2.05. The maximum atomic E-state index is 12.8. The molecule has 0 fully saturated rings. The number of aromatic nitrogens is 3. The van der Waals surface area contributed by atoms with Crippen LogP contribution in [-0.2, 0) is 6.54 Å². The largest absolute Gasteiger partial charge is 0.361 e. The molecule has 2 heterocycles. The number of nitrogens with zero attached hydrogens (tertiary/aromatic N) is 2. The third kappa shape index (κ3) is 1.84. The highest BCUT2D eigenvalue weighted by Gasteiger charge is 2.12. The number of nitrogens with one attached hydrogen (secondary N) is 1. The van der Waals surface area contributed by atoms with Crippen molar-refractivity contribution in [2.75, 3.05) is 0 Å². The van der Waals surface area contributed by atoms with Gasteiger partial charge in [0.25, 0.3) is 5.56 Å². The molecule has 4 heteroatoms. The van der Waals surface area contributed by atoms with Crippen molar-refractivity contribution in [3.8, 4) is 11.3 Å². The molecular formula is C18H15N3O. The first-order valence-corrected chi connectivity index (χ1v) is 7.35. The summed E-state index contributed by atoms with van der Waals surface area (Å²) in [4.78, 5) is 20.6. The molecule has 2 aromatic heterocycles. The van der Waals surface area contributed by atoms with Gasteiger partial charge in [0, 0.05) is 23.8 Å². The highest BCUT2D eigenvalue weighted by atomic mass is 16.1. The van der Waals surface area contributed by atoms with Crippen LogP contribution in [0.5, 0.6) is 0 Å². The SMILES string of the molecule is CCn1c(=O)c(-c2ccc3cc[nH]c3c2)nc2ccccc21. The average molecular weight is 289 g/mol. The van der Waals surface area contributed by atoms with Crippen molar-refractivity contribution in [3.05, 3.63) is 65.1 Å². The lowest BCUT2D eigenvalue weighted by Crippen LogP contribution is -2.22. The number of para-hydroxylation sites is 2. The van der Waals surface area contributed by atoms with E-state index in [1.165, 1.54) is 0 Å². The standard InChI is InChI=1S/C18H15N3O/c1-2-21-16-6-4-3-5-14(16)20-17(18(21)22)13-8-7-12-9-10-19-15(12)11-13/h3-11,19H,2H2,1H3. The fraction of sp³-hybridized carbons (Fsp3) is 0.111. The third-order valence-electron chi connectivity index (χ3n) is 4.00. The first-order valence-electron chi connectivity index (χ1n) is 7.35. The van der Waals surface area contributed by atoms with Crippen molar-refractivity contribution in [2.24, 2.45) is 0 Å². The second-order valence-electron chi connectivity index (χ2n) is 5.28. The highest BCUT2D eigenvalue weighted by Crippen LogP contribution is 2.22. The summed E-state index contributed by atoms with van der Waals surface area (Å²) in [6.45, 7) is 2.60. The minimum absolute atomic E-state index is 0.0490. The molecule has 22 heavy (non-hydrogen) atoms. The lowest BCUT2D eigenvalue weighted by molar-refractivity contribution is 0.756. The minimum atomic E-state index is -0.0490. The molecule has 4 rings (SSSR count). The summed E-state index contributed by atoms with van der Waals surface area (Å²) >= 11 is 0. The molecule has 0 unspecified atom stereocenters. The number of hydrogen-bond donors (Lipinski definition) is 1. The van der Waals surface area contributed by atoms with Crippen LogP contribution in [-0.4, -0.2) is 14.5 Å². The van der Waals surface area contributed by atoms with Gasteiger partial charge in [-0.15, -0.1) is 0 Å². The van der Waals surface area contributed by atoms with Crippen LogP contribution in [0, 0.1) is 0 Å². The molecule has 0 atom stereocenters. The van der Waals surface area contributed by atoms with Crippen LogP contribution < -0.4 is 5.56 Å². The maximum absolute atomic E-state index is 12.8. The van der Waals surface area contributed by atoms with Crippen LogP contribution in [0.1, 0.15) is 6.92 Å². The zero-order chi connectivity index (χ0) is 15.1. The van der Waals surface area contributed by atoms with Gasteiger partial charge in [-0.2, -0.15) is 0 Å². The summed E-state index contributed by atoms with van der Waals surface area (Å²) in [5, 5.41) is 1.13. The normalized spacial score (nSPS) is 11.3. The predicted molar refractivity (Wildman–Crippen MR) is 89.0 cm³/mol. The van der Waals surface area contributed by atoms with Crippen LogP contribution in [0.4, 0.5) is 0 Å². The van der Waals surface area contributed by atoms with Crippen molar-refractivity contribution in [3.63, 3.8) is 0 Å². The van der Waals surface area contributed by atoms with E-state index < -0.39 is 0 Å². The van der Waals surface area contributed by atoms with Gasteiger partial charge in [0.1, 0.15) is 5.69 Å². The average Bonchev–Trinajstić information content (AvgIpc) is 3.02. The number of benzene rings is 2. The summed E-state index contributed by atoms with van der Waals surface area (Å²) in [6, 6.07) is 15.7. The molecule has 4 nitrogen and oxygen atoms in total. The van der Waals surface area contributed by atoms with Gasteiger partial charge in [-0.25, -0.2) is 4.98 Å². The molecule has 108 valence electrons. The van der Waals surface area contributed by atoms with E-state index in [-0.39, 0.29) is 5.56 Å². The van der Waals surface area contributed by atoms with Crippen LogP contribution in [0.2, 0.25) is 0 Å². The summed E-state index contributed by atoms with van der Waals surface area (Å²) in [5.41, 5.74) is 4.01. The minimum Gasteiger partial charge on any atom is -0.361 e. The smallest absolute Gasteiger partial charge is 0.277 e. The number of rotatable bonds is 2. The third-order valence-corrected chi connectivity index (χ3v) is 4.00. The van der Waals surface area contributed by atoms with Crippen LogP contribution in [0.25, 0.3) is 33.2 Å². The molecule has 0 bridgehead atoms. The number of hydrogen-bond acceptors (Lipinski definition) is 2. The Kier molecular flexibility index (Phi) is 2.82. The van der Waals surface area contributed by atoms with E-state index in [0.29, 0.717) is 12.2 Å². The summed E-state index contributed by atoms with van der Waals surface area (Å²) in [6.07, 6.45) is 1.90. The molecule has 0 aliphatic carbocycles. The van der Waals surface area contributed by atoms with E-state index in [2.05, 4.69) is 9.97 Å². The van der Waals surface area contributed by atoms with E-state index in [1.54, 1.807) is 4.57 Å². The zero-order valence-corrected chi connectivity index (χ0v) is 12.2. The van der Waals surface area contributed by atoms with Gasteiger partial charge in [-0.05, 0) is 36.6 Å². The zero-order valence-electron chi connectivity index (χ0n) is 12.2. The molecule has 0 saturated heterocycles. The molecule has 0 aliphatic rings. The second kappa shape index (κ2) is 4.84. The highest BCUT2D eigenvalue weighted by molar-refractivity contribution is 5.85. The Morgan fingerprint density at radius 1 is 1.14 bits per heavy atom. The summed E-state index contributed by atoms with van der Waals surface area (Å²) in [5.74, 6) is 0. The maximum Gasteiger partial charge on any atom is 0.277 e. The molecule has 1 N–H and O–H groups in total. The summed E-state index contributed by atoms with van der Waals surface area (Å²) in [7, 11) is 0. The van der Waals surface area contributed by atoms with Crippen molar-refractivity contribution in [2.45, 2.75) is 13.5 Å². The molecule has 2 aromatic carbocycles. The summed E-state index contributed by atoms with van der Waals surface area (Å²) < 4.78 is 1.77. The van der Waals surface area contributed by atoms with E-state index >= 15 is 0 Å². The topological polar surface area (TPSA) is 50.7 Å².